The van der Waals surface area contributed by atoms with Gasteiger partial charge in [0.2, 0.25) is 0 Å². The Labute approximate surface area is 56.7 Å². The van der Waals surface area contributed by atoms with E-state index in [9.17, 15) is 0 Å². The Bertz CT molecular complexity index is 125. The quantitative estimate of drug-likeness (QED) is 0.315. The third kappa shape index (κ3) is 7.26. The van der Waals surface area contributed by atoms with Crippen molar-refractivity contribution >= 4 is 0 Å². The fourth-order valence-corrected chi connectivity index (χ4v) is 0.346. The van der Waals surface area contributed by atoms with Crippen LogP contribution in [0, 0.1) is 11.8 Å². The molecule has 0 saturated carbocycles. The summed E-state index contributed by atoms with van der Waals surface area (Å²) in [5.41, 5.74) is 0. The first-order valence-corrected chi connectivity index (χ1v) is 3.00. The Kier molecular flexibility index (Phi) is 6.66. The van der Waals surface area contributed by atoms with Crippen LogP contribution in [0.5, 0.6) is 0 Å². The highest BCUT2D eigenvalue weighted by Gasteiger charge is 1.73. The number of allylic oxidation sites excluding steroid dienone is 1. The largest absolute Gasteiger partial charge is 0.365 e. The first-order chi connectivity index (χ1) is 4.41. The Balaban J connectivity index is 2.97. The van der Waals surface area contributed by atoms with E-state index in [0.717, 1.165) is 0 Å². The normalized spacial score (nSPS) is 9.11. The fourth-order valence-electron chi connectivity index (χ4n) is 0.346. The zero-order valence-corrected chi connectivity index (χ0v) is 5.98. The maximum absolute atomic E-state index is 5.05. The second-order valence-electron chi connectivity index (χ2n) is 1.51. The van der Waals surface area contributed by atoms with Crippen molar-refractivity contribution in [1.29, 1.82) is 0 Å². The Morgan fingerprint density at radius 2 is 2.33 bits per heavy atom. The molecule has 0 N–H and O–H groups in total. The van der Waals surface area contributed by atoms with Gasteiger partial charge in [0.15, 0.2) is 0 Å². The van der Waals surface area contributed by atoms with Crippen molar-refractivity contribution in [1.82, 2.24) is 0 Å². The van der Waals surface area contributed by atoms with Gasteiger partial charge in [-0.15, -0.1) is 5.92 Å². The SMILES string of the molecule is CC#CCOC/C=C/C. The van der Waals surface area contributed by atoms with E-state index in [-0.39, 0.29) is 0 Å². The molecule has 0 aromatic carbocycles. The van der Waals surface area contributed by atoms with Crippen LogP contribution in [-0.2, 0) is 4.74 Å². The zero-order chi connectivity index (χ0) is 6.95. The molecule has 0 rings (SSSR count). The van der Waals surface area contributed by atoms with Crippen molar-refractivity contribution in [3.8, 4) is 11.8 Å². The van der Waals surface area contributed by atoms with E-state index >= 15 is 0 Å². The van der Waals surface area contributed by atoms with Crippen LogP contribution in [0.4, 0.5) is 0 Å². The van der Waals surface area contributed by atoms with Crippen molar-refractivity contribution in [2.45, 2.75) is 13.8 Å². The molecule has 0 aromatic heterocycles. The molecule has 0 bridgehead atoms. The minimum Gasteiger partial charge on any atom is -0.365 e. The summed E-state index contributed by atoms with van der Waals surface area (Å²) in [7, 11) is 0. The molecule has 1 heteroatoms. The summed E-state index contributed by atoms with van der Waals surface area (Å²) in [5, 5.41) is 0. The van der Waals surface area contributed by atoms with Crippen LogP contribution in [0.15, 0.2) is 12.2 Å². The first kappa shape index (κ1) is 8.26. The summed E-state index contributed by atoms with van der Waals surface area (Å²) in [6.45, 7) is 4.99. The van der Waals surface area contributed by atoms with Gasteiger partial charge in [-0.05, 0) is 13.8 Å². The summed E-state index contributed by atoms with van der Waals surface area (Å²) >= 11 is 0. The molecule has 0 aliphatic heterocycles. The molecule has 0 radical (unpaired) electrons. The molecule has 0 spiro atoms. The second-order valence-corrected chi connectivity index (χ2v) is 1.51. The molecule has 0 aromatic rings. The highest BCUT2D eigenvalue weighted by molar-refractivity contribution is 4.95. The van der Waals surface area contributed by atoms with Crippen LogP contribution in [0.2, 0.25) is 0 Å². The fraction of sp³-hybridized carbons (Fsp3) is 0.500. The highest BCUT2D eigenvalue weighted by atomic mass is 16.5. The van der Waals surface area contributed by atoms with Crippen LogP contribution in [0.25, 0.3) is 0 Å². The average molecular weight is 124 g/mol. The molecule has 50 valence electrons. The molecule has 0 amide bonds. The zero-order valence-electron chi connectivity index (χ0n) is 5.98. The monoisotopic (exact) mass is 124 g/mol. The van der Waals surface area contributed by atoms with E-state index < -0.39 is 0 Å². The van der Waals surface area contributed by atoms with Crippen molar-refractivity contribution < 1.29 is 4.74 Å². The molecule has 0 heterocycles. The van der Waals surface area contributed by atoms with Crippen LogP contribution < -0.4 is 0 Å². The highest BCUT2D eigenvalue weighted by Crippen LogP contribution is 1.74. The summed E-state index contributed by atoms with van der Waals surface area (Å²) in [4.78, 5) is 0. The molecular formula is C8H12O. The average Bonchev–Trinajstić information content (AvgIpc) is 1.89. The Morgan fingerprint density at radius 1 is 1.56 bits per heavy atom. The maximum atomic E-state index is 5.05. The van der Waals surface area contributed by atoms with Crippen molar-refractivity contribution in [2.24, 2.45) is 0 Å². The number of hydrogen-bond acceptors (Lipinski definition) is 1. The van der Waals surface area contributed by atoms with Crippen molar-refractivity contribution in [2.75, 3.05) is 13.2 Å². The van der Waals surface area contributed by atoms with E-state index in [4.69, 9.17) is 4.74 Å². The van der Waals surface area contributed by atoms with E-state index in [1.54, 1.807) is 6.92 Å². The molecule has 0 aliphatic carbocycles. The van der Waals surface area contributed by atoms with Gasteiger partial charge in [0, 0.05) is 0 Å². The number of rotatable bonds is 3. The van der Waals surface area contributed by atoms with Gasteiger partial charge in [-0.1, -0.05) is 18.1 Å². The first-order valence-electron chi connectivity index (χ1n) is 3.00. The lowest BCUT2D eigenvalue weighted by Gasteiger charge is -1.89. The Hall–Kier alpha value is -0.740. The topological polar surface area (TPSA) is 9.23 Å². The second kappa shape index (κ2) is 7.26. The van der Waals surface area contributed by atoms with Crippen molar-refractivity contribution in [3.05, 3.63) is 12.2 Å². The Morgan fingerprint density at radius 3 is 2.89 bits per heavy atom. The van der Waals surface area contributed by atoms with Gasteiger partial charge >= 0.3 is 0 Å². The summed E-state index contributed by atoms with van der Waals surface area (Å²) in [5.74, 6) is 5.55. The van der Waals surface area contributed by atoms with Crippen molar-refractivity contribution in [3.63, 3.8) is 0 Å². The summed E-state index contributed by atoms with van der Waals surface area (Å²) in [6.07, 6.45) is 3.91. The van der Waals surface area contributed by atoms with Gasteiger partial charge in [-0.2, -0.15) is 0 Å². The minimum absolute atomic E-state index is 0.542. The summed E-state index contributed by atoms with van der Waals surface area (Å²) in [6, 6.07) is 0. The van der Waals surface area contributed by atoms with E-state index in [2.05, 4.69) is 11.8 Å². The van der Waals surface area contributed by atoms with Crippen LogP contribution in [0.1, 0.15) is 13.8 Å². The molecule has 0 fully saturated rings. The predicted octanol–water partition coefficient (Wildman–Crippen LogP) is 1.60. The lowest BCUT2D eigenvalue weighted by molar-refractivity contribution is 0.199. The van der Waals surface area contributed by atoms with Gasteiger partial charge in [0.25, 0.3) is 0 Å². The molecule has 0 unspecified atom stereocenters. The van der Waals surface area contributed by atoms with Gasteiger partial charge in [-0.3, -0.25) is 0 Å². The van der Waals surface area contributed by atoms with E-state index in [1.165, 1.54) is 0 Å². The molecule has 0 aliphatic rings. The lowest BCUT2D eigenvalue weighted by Crippen LogP contribution is -1.89. The summed E-state index contributed by atoms with van der Waals surface area (Å²) < 4.78 is 5.05. The number of ether oxygens (including phenoxy) is 1. The maximum Gasteiger partial charge on any atom is 0.108 e. The minimum atomic E-state index is 0.542. The van der Waals surface area contributed by atoms with Crippen LogP contribution in [0.3, 0.4) is 0 Å². The number of hydrogen-bond donors (Lipinski definition) is 0. The lowest BCUT2D eigenvalue weighted by atomic mass is 10.5. The standard InChI is InChI=1S/C8H12O/c1-3-5-7-9-8-6-4-2/h3,5H,7-8H2,1-2H3/b5-3+. The molecule has 0 atom stereocenters. The van der Waals surface area contributed by atoms with Gasteiger partial charge in [0.05, 0.1) is 6.61 Å². The van der Waals surface area contributed by atoms with E-state index in [0.29, 0.717) is 13.2 Å². The van der Waals surface area contributed by atoms with Gasteiger partial charge in [-0.25, -0.2) is 0 Å². The molecular weight excluding hydrogens is 112 g/mol. The van der Waals surface area contributed by atoms with Gasteiger partial charge < -0.3 is 4.74 Å². The van der Waals surface area contributed by atoms with Crippen LogP contribution >= 0.6 is 0 Å². The molecule has 9 heavy (non-hydrogen) atoms. The third-order valence-electron chi connectivity index (χ3n) is 0.801. The van der Waals surface area contributed by atoms with Gasteiger partial charge in [0.1, 0.15) is 6.61 Å². The molecule has 0 saturated heterocycles. The van der Waals surface area contributed by atoms with E-state index in [1.807, 2.05) is 19.1 Å². The van der Waals surface area contributed by atoms with Crippen LogP contribution in [-0.4, -0.2) is 13.2 Å². The predicted molar refractivity (Wildman–Crippen MR) is 39.1 cm³/mol. The molecule has 1 nitrogen and oxygen atoms in total. The third-order valence-corrected chi connectivity index (χ3v) is 0.801. The smallest absolute Gasteiger partial charge is 0.108 e.